The van der Waals surface area contributed by atoms with Gasteiger partial charge in [-0.15, -0.1) is 0 Å². The zero-order valence-electron chi connectivity index (χ0n) is 12.3. The molecule has 5 N–H and O–H groups in total. The number of hydrogen-bond donors (Lipinski definition) is 5. The smallest absolute Gasteiger partial charge is 0.448 e. The van der Waals surface area contributed by atoms with Crippen molar-refractivity contribution in [2.24, 2.45) is 10.7 Å². The minimum atomic E-state index is -4.66. The van der Waals surface area contributed by atoms with E-state index in [-0.39, 0.29) is 17.2 Å². The molecule has 2 rings (SSSR count). The van der Waals surface area contributed by atoms with Gasteiger partial charge in [0.2, 0.25) is 0 Å². The number of phenols is 1. The lowest BCUT2D eigenvalue weighted by atomic mass is 9.82. The highest BCUT2D eigenvalue weighted by atomic mass is 31.2. The van der Waals surface area contributed by atoms with Crippen molar-refractivity contribution >= 4 is 13.5 Å². The normalized spacial score (nSPS) is 22.7. The lowest BCUT2D eigenvalue weighted by Gasteiger charge is -2.27. The molecule has 3 unspecified atom stereocenters. The molecule has 1 aliphatic carbocycles. The fourth-order valence-corrected chi connectivity index (χ4v) is 2.92. The SMILES string of the molecule is CC(c1ccc(O)cc1)C(O)C1C=C(O)C=CC1=NP(=O)(O)O. The van der Waals surface area contributed by atoms with Crippen molar-refractivity contribution in [2.45, 2.75) is 18.9 Å². The van der Waals surface area contributed by atoms with E-state index < -0.39 is 25.7 Å². The van der Waals surface area contributed by atoms with Crippen molar-refractivity contribution in [3.63, 3.8) is 0 Å². The van der Waals surface area contributed by atoms with Crippen LogP contribution in [0, 0.1) is 5.92 Å². The number of aliphatic hydroxyl groups excluding tert-OH is 2. The van der Waals surface area contributed by atoms with Crippen LogP contribution in [0.2, 0.25) is 0 Å². The summed E-state index contributed by atoms with van der Waals surface area (Å²) in [6, 6.07) is 6.26. The van der Waals surface area contributed by atoms with Crippen LogP contribution in [0.5, 0.6) is 5.75 Å². The Morgan fingerprint density at radius 2 is 1.74 bits per heavy atom. The Morgan fingerprint density at radius 1 is 1.13 bits per heavy atom. The molecule has 0 fully saturated rings. The molecule has 0 spiro atoms. The van der Waals surface area contributed by atoms with Gasteiger partial charge in [-0.05, 0) is 35.9 Å². The summed E-state index contributed by atoms with van der Waals surface area (Å²) in [6.07, 6.45) is 2.75. The molecule has 0 radical (unpaired) electrons. The van der Waals surface area contributed by atoms with Crippen LogP contribution in [-0.4, -0.2) is 36.9 Å². The largest absolute Gasteiger partial charge is 0.508 e. The van der Waals surface area contributed by atoms with Gasteiger partial charge in [-0.25, -0.2) is 4.57 Å². The van der Waals surface area contributed by atoms with Gasteiger partial charge < -0.3 is 25.1 Å². The molecule has 0 aromatic heterocycles. The summed E-state index contributed by atoms with van der Waals surface area (Å²) in [5.74, 6) is -1.30. The third-order valence-corrected chi connectivity index (χ3v) is 4.15. The number of nitrogens with zero attached hydrogens (tertiary/aromatic N) is 1. The number of hydrogen-bond acceptors (Lipinski definition) is 4. The van der Waals surface area contributed by atoms with Crippen LogP contribution in [0.3, 0.4) is 0 Å². The molecule has 1 aromatic carbocycles. The van der Waals surface area contributed by atoms with E-state index in [4.69, 9.17) is 9.79 Å². The van der Waals surface area contributed by atoms with Crippen LogP contribution in [-0.2, 0) is 4.57 Å². The topological polar surface area (TPSA) is 131 Å². The van der Waals surface area contributed by atoms with Crippen molar-refractivity contribution in [3.05, 3.63) is 53.8 Å². The lowest BCUT2D eigenvalue weighted by molar-refractivity contribution is 0.129. The second kappa shape index (κ2) is 6.68. The Balaban J connectivity index is 2.32. The Labute approximate surface area is 133 Å². The van der Waals surface area contributed by atoms with Gasteiger partial charge in [0, 0.05) is 11.8 Å². The van der Waals surface area contributed by atoms with Crippen LogP contribution in [0.25, 0.3) is 0 Å². The van der Waals surface area contributed by atoms with E-state index in [1.165, 1.54) is 30.4 Å². The minimum Gasteiger partial charge on any atom is -0.508 e. The van der Waals surface area contributed by atoms with Gasteiger partial charge in [0.25, 0.3) is 0 Å². The number of benzene rings is 1. The van der Waals surface area contributed by atoms with Crippen LogP contribution >= 0.6 is 7.75 Å². The van der Waals surface area contributed by atoms with E-state index in [1.807, 2.05) is 0 Å². The highest BCUT2D eigenvalue weighted by molar-refractivity contribution is 7.50. The van der Waals surface area contributed by atoms with Gasteiger partial charge in [0.15, 0.2) is 0 Å². The second-order valence-corrected chi connectivity index (χ2v) is 6.59. The maximum Gasteiger partial charge on any atom is 0.448 e. The lowest BCUT2D eigenvalue weighted by Crippen LogP contribution is -2.32. The Kier molecular flexibility index (Phi) is 5.06. The fourth-order valence-electron chi connectivity index (χ4n) is 2.42. The van der Waals surface area contributed by atoms with Gasteiger partial charge in [-0.3, -0.25) is 0 Å². The number of aromatic hydroxyl groups is 1. The van der Waals surface area contributed by atoms with E-state index in [9.17, 15) is 19.9 Å². The molecule has 124 valence electrons. The van der Waals surface area contributed by atoms with Crippen LogP contribution < -0.4 is 0 Å². The molecule has 8 heteroatoms. The summed E-state index contributed by atoms with van der Waals surface area (Å²) in [4.78, 5) is 18.0. The maximum atomic E-state index is 11.1. The quantitative estimate of drug-likeness (QED) is 0.533. The predicted molar refractivity (Wildman–Crippen MR) is 85.3 cm³/mol. The van der Waals surface area contributed by atoms with Crippen LogP contribution in [0.15, 0.2) is 53.0 Å². The van der Waals surface area contributed by atoms with E-state index >= 15 is 0 Å². The summed E-state index contributed by atoms with van der Waals surface area (Å²) in [5.41, 5.74) is 0.725. The van der Waals surface area contributed by atoms with Crippen LogP contribution in [0.4, 0.5) is 0 Å². The molecule has 0 saturated heterocycles. The first-order valence-electron chi connectivity index (χ1n) is 6.89. The Morgan fingerprint density at radius 3 is 2.30 bits per heavy atom. The van der Waals surface area contributed by atoms with E-state index in [2.05, 4.69) is 4.76 Å². The summed E-state index contributed by atoms with van der Waals surface area (Å²) in [5, 5.41) is 29.5. The van der Waals surface area contributed by atoms with E-state index in [0.29, 0.717) is 0 Å². The average molecular weight is 339 g/mol. The summed E-state index contributed by atoms with van der Waals surface area (Å²) < 4.78 is 14.4. The molecule has 0 amide bonds. The van der Waals surface area contributed by atoms with Crippen molar-refractivity contribution in [1.82, 2.24) is 0 Å². The molecule has 7 nitrogen and oxygen atoms in total. The second-order valence-electron chi connectivity index (χ2n) is 5.36. The molecule has 0 heterocycles. The third-order valence-electron chi connectivity index (χ3n) is 3.66. The summed E-state index contributed by atoms with van der Waals surface area (Å²) in [7, 11) is -4.66. The summed E-state index contributed by atoms with van der Waals surface area (Å²) >= 11 is 0. The molecule has 3 atom stereocenters. The van der Waals surface area contributed by atoms with Crippen molar-refractivity contribution in [2.75, 3.05) is 0 Å². The number of aliphatic hydroxyl groups is 2. The average Bonchev–Trinajstić information content (AvgIpc) is 2.47. The zero-order valence-corrected chi connectivity index (χ0v) is 13.2. The van der Waals surface area contributed by atoms with Crippen LogP contribution in [0.1, 0.15) is 18.4 Å². The Hall–Kier alpha value is -1.92. The van der Waals surface area contributed by atoms with Crippen molar-refractivity contribution < 1.29 is 29.7 Å². The number of phenolic OH excluding ortho intramolecular Hbond substituents is 1. The molecule has 0 bridgehead atoms. The first kappa shape index (κ1) is 17.4. The zero-order chi connectivity index (χ0) is 17.2. The minimum absolute atomic E-state index is 0.00531. The third kappa shape index (κ3) is 4.53. The van der Waals surface area contributed by atoms with Crippen molar-refractivity contribution in [1.29, 1.82) is 0 Å². The first-order chi connectivity index (χ1) is 10.7. The van der Waals surface area contributed by atoms with E-state index in [0.717, 1.165) is 5.56 Å². The molecule has 1 aliphatic rings. The standard InChI is InChI=1S/C15H18NO6P/c1-9(10-2-4-11(17)5-3-10)15(19)13-8-12(18)6-7-14(13)16-23(20,21)22/h2-9,13,15,17-19H,1H3,(H2,20,21,22). The molecule has 23 heavy (non-hydrogen) atoms. The molecule has 0 aliphatic heterocycles. The highest BCUT2D eigenvalue weighted by Gasteiger charge is 2.31. The fraction of sp³-hybridized carbons (Fsp3) is 0.267. The number of rotatable bonds is 4. The van der Waals surface area contributed by atoms with Crippen molar-refractivity contribution in [3.8, 4) is 5.75 Å². The Bertz CT molecular complexity index is 703. The monoisotopic (exact) mass is 339 g/mol. The molecule has 0 saturated carbocycles. The highest BCUT2D eigenvalue weighted by Crippen LogP contribution is 2.39. The van der Waals surface area contributed by atoms with E-state index in [1.54, 1.807) is 19.1 Å². The summed E-state index contributed by atoms with van der Waals surface area (Å²) in [6.45, 7) is 1.73. The maximum absolute atomic E-state index is 11.1. The van der Waals surface area contributed by atoms with Gasteiger partial charge in [0.05, 0.1) is 11.8 Å². The van der Waals surface area contributed by atoms with Gasteiger partial charge in [-0.1, -0.05) is 19.1 Å². The molecule has 1 aromatic rings. The van der Waals surface area contributed by atoms with Gasteiger partial charge in [0.1, 0.15) is 11.5 Å². The molecular weight excluding hydrogens is 321 g/mol. The molecular formula is C15H18NO6P. The van der Waals surface area contributed by atoms with Gasteiger partial charge in [-0.2, -0.15) is 4.76 Å². The number of allylic oxidation sites excluding steroid dienone is 2. The first-order valence-corrected chi connectivity index (χ1v) is 8.45. The van der Waals surface area contributed by atoms with Gasteiger partial charge >= 0.3 is 7.75 Å². The predicted octanol–water partition coefficient (Wildman–Crippen LogP) is 2.02.